The van der Waals surface area contributed by atoms with Crippen molar-refractivity contribution in [3.8, 4) is 0 Å². The van der Waals surface area contributed by atoms with Gasteiger partial charge in [0.05, 0.1) is 5.69 Å². The summed E-state index contributed by atoms with van der Waals surface area (Å²) in [4.78, 5) is 12.7. The quantitative estimate of drug-likeness (QED) is 0.341. The van der Waals surface area contributed by atoms with Crippen LogP contribution in [0.25, 0.3) is 10.9 Å². The first-order valence-corrected chi connectivity index (χ1v) is 11.4. The van der Waals surface area contributed by atoms with Gasteiger partial charge in [-0.05, 0) is 56.5 Å². The lowest BCUT2D eigenvalue weighted by molar-refractivity contribution is 0.0952. The summed E-state index contributed by atoms with van der Waals surface area (Å²) in [5.41, 5.74) is 6.18. The first kappa shape index (κ1) is 22.4. The molecule has 0 fully saturated rings. The lowest BCUT2D eigenvalue weighted by atomic mass is 10.1. The molecule has 0 saturated heterocycles. The van der Waals surface area contributed by atoms with Crippen molar-refractivity contribution in [3.63, 3.8) is 0 Å². The van der Waals surface area contributed by atoms with E-state index < -0.39 is 0 Å². The van der Waals surface area contributed by atoms with Crippen molar-refractivity contribution in [2.45, 2.75) is 40.3 Å². The van der Waals surface area contributed by atoms with Crippen molar-refractivity contribution in [2.24, 2.45) is 0 Å². The van der Waals surface area contributed by atoms with E-state index in [-0.39, 0.29) is 5.91 Å². The van der Waals surface area contributed by atoms with Crippen LogP contribution < -0.4 is 5.32 Å². The predicted molar refractivity (Wildman–Crippen MR) is 131 cm³/mol. The van der Waals surface area contributed by atoms with Crippen LogP contribution in [0.2, 0.25) is 10.2 Å². The molecule has 0 bridgehead atoms. The summed E-state index contributed by atoms with van der Waals surface area (Å²) in [5, 5.41) is 9.33. The maximum atomic E-state index is 12.7. The summed E-state index contributed by atoms with van der Waals surface area (Å²) in [5.74, 6) is -0.0828. The molecule has 166 valence electrons. The van der Waals surface area contributed by atoms with Crippen LogP contribution in [0.4, 0.5) is 0 Å². The molecular weight excluding hydrogens is 443 g/mol. The number of carbonyl (C=O) groups excluding carboxylic acids is 1. The van der Waals surface area contributed by atoms with Gasteiger partial charge in [-0.2, -0.15) is 5.10 Å². The van der Waals surface area contributed by atoms with Gasteiger partial charge in [-0.25, -0.2) is 0 Å². The normalized spacial score (nSPS) is 11.3. The minimum absolute atomic E-state index is 0.0828. The summed E-state index contributed by atoms with van der Waals surface area (Å²) < 4.78 is 3.97. The first-order chi connectivity index (χ1) is 15.4. The van der Waals surface area contributed by atoms with E-state index in [1.54, 1.807) is 4.68 Å². The zero-order valence-corrected chi connectivity index (χ0v) is 20.0. The monoisotopic (exact) mass is 468 g/mol. The number of benzene rings is 2. The Labute approximate surface area is 197 Å². The van der Waals surface area contributed by atoms with Gasteiger partial charge in [-0.15, -0.1) is 0 Å². The number of hydrogen-bond acceptors (Lipinski definition) is 2. The average molecular weight is 469 g/mol. The van der Waals surface area contributed by atoms with Crippen LogP contribution in [0.15, 0.2) is 48.5 Å². The zero-order chi connectivity index (χ0) is 22.8. The highest BCUT2D eigenvalue weighted by atomic mass is 35.5. The molecule has 4 aromatic rings. The third kappa shape index (κ3) is 4.41. The minimum Gasteiger partial charge on any atom is -0.352 e. The third-order valence-electron chi connectivity index (χ3n) is 5.91. The van der Waals surface area contributed by atoms with Crippen molar-refractivity contribution in [1.82, 2.24) is 19.7 Å². The average Bonchev–Trinajstić information content (AvgIpc) is 3.19. The minimum atomic E-state index is -0.0828. The number of fused-ring (bicyclic) bond motifs is 1. The highest BCUT2D eigenvalue weighted by molar-refractivity contribution is 6.41. The van der Waals surface area contributed by atoms with Crippen LogP contribution in [-0.2, 0) is 13.1 Å². The van der Waals surface area contributed by atoms with Crippen LogP contribution in [0.3, 0.4) is 0 Å². The molecule has 2 heterocycles. The number of carbonyl (C=O) groups is 1. The van der Waals surface area contributed by atoms with E-state index in [0.29, 0.717) is 40.9 Å². The standard InChI is InChI=1S/C25H26Cl2N4O/c1-16-18(3)30(15-19-8-5-4-6-9-19)22-11-10-20(14-21(16)22)25(32)28-12-7-13-31-24(27)23(26)17(2)29-31/h4-6,8-11,14H,7,12-13,15H2,1-3H3,(H,28,32). The molecule has 0 atom stereocenters. The van der Waals surface area contributed by atoms with Gasteiger partial charge in [-0.1, -0.05) is 53.5 Å². The largest absolute Gasteiger partial charge is 0.352 e. The van der Waals surface area contributed by atoms with E-state index in [0.717, 1.165) is 17.4 Å². The Bertz CT molecular complexity index is 1270. The second kappa shape index (κ2) is 9.39. The van der Waals surface area contributed by atoms with Crippen LogP contribution in [0.1, 0.15) is 39.3 Å². The number of amides is 1. The fraction of sp³-hybridized carbons (Fsp3) is 0.280. The van der Waals surface area contributed by atoms with Crippen molar-refractivity contribution in [2.75, 3.05) is 6.54 Å². The second-order valence-electron chi connectivity index (χ2n) is 8.04. The Balaban J connectivity index is 1.44. The third-order valence-corrected chi connectivity index (χ3v) is 6.85. The van der Waals surface area contributed by atoms with Gasteiger partial charge in [0.15, 0.2) is 0 Å². The Morgan fingerprint density at radius 1 is 1.06 bits per heavy atom. The number of nitrogens with zero attached hydrogens (tertiary/aromatic N) is 3. The highest BCUT2D eigenvalue weighted by Crippen LogP contribution is 2.27. The van der Waals surface area contributed by atoms with Crippen molar-refractivity contribution in [3.05, 3.63) is 86.8 Å². The molecule has 2 aromatic carbocycles. The molecule has 0 aliphatic carbocycles. The molecule has 0 unspecified atom stereocenters. The summed E-state index contributed by atoms with van der Waals surface area (Å²) in [6.07, 6.45) is 0.705. The van der Waals surface area contributed by atoms with E-state index in [2.05, 4.69) is 53.1 Å². The first-order valence-electron chi connectivity index (χ1n) is 10.7. The summed E-state index contributed by atoms with van der Waals surface area (Å²) in [6.45, 7) is 7.98. The van der Waals surface area contributed by atoms with Crippen molar-refractivity contribution < 1.29 is 4.79 Å². The van der Waals surface area contributed by atoms with Crippen LogP contribution in [-0.4, -0.2) is 26.8 Å². The molecule has 1 N–H and O–H groups in total. The summed E-state index contributed by atoms with van der Waals surface area (Å²) in [7, 11) is 0. The van der Waals surface area contributed by atoms with E-state index in [1.807, 2.05) is 31.2 Å². The second-order valence-corrected chi connectivity index (χ2v) is 8.77. The number of halogens is 2. The molecule has 7 heteroatoms. The fourth-order valence-electron chi connectivity index (χ4n) is 3.97. The number of hydrogen-bond donors (Lipinski definition) is 1. The predicted octanol–water partition coefficient (Wildman–Crippen LogP) is 5.94. The van der Waals surface area contributed by atoms with Gasteiger partial charge < -0.3 is 9.88 Å². The lowest BCUT2D eigenvalue weighted by Crippen LogP contribution is -2.25. The molecule has 32 heavy (non-hydrogen) atoms. The molecule has 4 rings (SSSR count). The molecule has 0 radical (unpaired) electrons. The zero-order valence-electron chi connectivity index (χ0n) is 18.5. The van der Waals surface area contributed by atoms with E-state index in [4.69, 9.17) is 23.2 Å². The van der Waals surface area contributed by atoms with Crippen LogP contribution >= 0.6 is 23.2 Å². The summed E-state index contributed by atoms with van der Waals surface area (Å²) >= 11 is 12.2. The number of aromatic nitrogens is 3. The fourth-order valence-corrected chi connectivity index (χ4v) is 4.37. The molecule has 2 aromatic heterocycles. The Morgan fingerprint density at radius 3 is 2.50 bits per heavy atom. The maximum absolute atomic E-state index is 12.7. The van der Waals surface area contributed by atoms with Crippen LogP contribution in [0.5, 0.6) is 0 Å². The Morgan fingerprint density at radius 2 is 1.81 bits per heavy atom. The SMILES string of the molecule is Cc1nn(CCCNC(=O)c2ccc3c(c2)c(C)c(C)n3Cc2ccccc2)c(Cl)c1Cl. The van der Waals surface area contributed by atoms with E-state index in [9.17, 15) is 4.79 Å². The molecule has 0 aliphatic rings. The highest BCUT2D eigenvalue weighted by Gasteiger charge is 2.15. The van der Waals surface area contributed by atoms with Crippen LogP contribution in [0, 0.1) is 20.8 Å². The molecule has 5 nitrogen and oxygen atoms in total. The number of aryl methyl sites for hydroxylation is 3. The lowest BCUT2D eigenvalue weighted by Gasteiger charge is -2.09. The molecule has 1 amide bonds. The Hall–Kier alpha value is -2.76. The maximum Gasteiger partial charge on any atom is 0.251 e. The Kier molecular flexibility index (Phi) is 6.58. The molecular formula is C25H26Cl2N4O. The van der Waals surface area contributed by atoms with E-state index in [1.165, 1.54) is 16.8 Å². The molecule has 0 spiro atoms. The van der Waals surface area contributed by atoms with E-state index >= 15 is 0 Å². The van der Waals surface area contributed by atoms with Gasteiger partial charge >= 0.3 is 0 Å². The van der Waals surface area contributed by atoms with Gasteiger partial charge in [0, 0.05) is 41.8 Å². The smallest absolute Gasteiger partial charge is 0.251 e. The summed E-state index contributed by atoms with van der Waals surface area (Å²) in [6, 6.07) is 16.3. The van der Waals surface area contributed by atoms with Gasteiger partial charge in [0.1, 0.15) is 10.2 Å². The van der Waals surface area contributed by atoms with Gasteiger partial charge in [0.2, 0.25) is 0 Å². The topological polar surface area (TPSA) is 51.9 Å². The number of rotatable bonds is 7. The van der Waals surface area contributed by atoms with Crippen molar-refractivity contribution in [1.29, 1.82) is 0 Å². The number of nitrogens with one attached hydrogen (secondary N) is 1. The van der Waals surface area contributed by atoms with Gasteiger partial charge in [-0.3, -0.25) is 9.48 Å². The van der Waals surface area contributed by atoms with Crippen molar-refractivity contribution >= 4 is 40.0 Å². The molecule has 0 aliphatic heterocycles. The molecule has 0 saturated carbocycles. The van der Waals surface area contributed by atoms with Gasteiger partial charge in [0.25, 0.3) is 5.91 Å².